The van der Waals surface area contributed by atoms with Crippen LogP contribution in [-0.2, 0) is 9.59 Å². The van der Waals surface area contributed by atoms with E-state index in [0.29, 0.717) is 38.3 Å². The number of amides is 3. The van der Waals surface area contributed by atoms with Crippen LogP contribution in [0.15, 0.2) is 106 Å². The fraction of sp³-hybridized carbons (Fsp3) is 0.0938. The third-order valence-corrected chi connectivity index (χ3v) is 7.73. The first-order chi connectivity index (χ1) is 19.7. The number of rotatable bonds is 8. The minimum atomic E-state index is -0.461. The minimum Gasteiger partial charge on any atom is -0.495 e. The maximum Gasteiger partial charge on any atom is 0.283 e. The molecule has 0 bridgehead atoms. The van der Waals surface area contributed by atoms with Crippen molar-refractivity contribution in [2.75, 3.05) is 22.6 Å². The van der Waals surface area contributed by atoms with Gasteiger partial charge in [0.2, 0.25) is 0 Å². The molecule has 3 amide bonds. The second-order valence-corrected chi connectivity index (χ2v) is 10.9. The first kappa shape index (κ1) is 28.0. The SMILES string of the molecule is COc1ccc(C)cc1NC1=C(Sc2ccc(NC(=O)c3ccc(Cl)cc3)cc2)C(=O)N(c2ccc(C)cc2)C1=O. The van der Waals surface area contributed by atoms with Gasteiger partial charge >= 0.3 is 0 Å². The van der Waals surface area contributed by atoms with Gasteiger partial charge in [0, 0.05) is 21.2 Å². The van der Waals surface area contributed by atoms with E-state index in [1.807, 2.05) is 38.1 Å². The second kappa shape index (κ2) is 11.9. The summed E-state index contributed by atoms with van der Waals surface area (Å²) < 4.78 is 5.49. The highest BCUT2D eigenvalue weighted by Crippen LogP contribution is 2.39. The summed E-state index contributed by atoms with van der Waals surface area (Å²) in [6.45, 7) is 3.87. The van der Waals surface area contributed by atoms with Gasteiger partial charge in [-0.2, -0.15) is 0 Å². The van der Waals surface area contributed by atoms with E-state index in [1.54, 1.807) is 73.8 Å². The Morgan fingerprint density at radius 2 is 1.49 bits per heavy atom. The third-order valence-electron chi connectivity index (χ3n) is 6.39. The number of carbonyl (C=O) groups is 3. The van der Waals surface area contributed by atoms with Crippen LogP contribution in [0.2, 0.25) is 5.02 Å². The second-order valence-electron chi connectivity index (χ2n) is 9.40. The van der Waals surface area contributed by atoms with Gasteiger partial charge in [-0.3, -0.25) is 14.4 Å². The van der Waals surface area contributed by atoms with Crippen LogP contribution in [0.4, 0.5) is 17.1 Å². The Kier molecular flexibility index (Phi) is 8.14. The molecular weight excluding hydrogens is 558 g/mol. The lowest BCUT2D eigenvalue weighted by Gasteiger charge is -2.16. The lowest BCUT2D eigenvalue weighted by atomic mass is 10.2. The number of anilines is 3. The average Bonchev–Trinajstić information content (AvgIpc) is 3.19. The van der Waals surface area contributed by atoms with Crippen LogP contribution in [0.25, 0.3) is 0 Å². The number of hydrogen-bond donors (Lipinski definition) is 2. The Labute approximate surface area is 247 Å². The van der Waals surface area contributed by atoms with Crippen molar-refractivity contribution >= 4 is 58.1 Å². The number of benzene rings is 4. The number of methoxy groups -OCH3 is 1. The number of imide groups is 1. The molecule has 2 N–H and O–H groups in total. The van der Waals surface area contributed by atoms with E-state index < -0.39 is 11.8 Å². The lowest BCUT2D eigenvalue weighted by molar-refractivity contribution is -0.120. The summed E-state index contributed by atoms with van der Waals surface area (Å²) in [6.07, 6.45) is 0. The molecule has 7 nitrogen and oxygen atoms in total. The number of halogens is 1. The van der Waals surface area contributed by atoms with Crippen LogP contribution in [0, 0.1) is 13.8 Å². The summed E-state index contributed by atoms with van der Waals surface area (Å²) in [6, 6.07) is 26.4. The molecule has 0 atom stereocenters. The molecule has 0 saturated heterocycles. The molecular formula is C32H26ClN3O4S. The summed E-state index contributed by atoms with van der Waals surface area (Å²) in [4.78, 5) is 42.1. The fourth-order valence-corrected chi connectivity index (χ4v) is 5.28. The van der Waals surface area contributed by atoms with E-state index >= 15 is 0 Å². The van der Waals surface area contributed by atoms with Crippen molar-refractivity contribution in [3.8, 4) is 5.75 Å². The monoisotopic (exact) mass is 583 g/mol. The van der Waals surface area contributed by atoms with Crippen LogP contribution >= 0.6 is 23.4 Å². The smallest absolute Gasteiger partial charge is 0.283 e. The lowest BCUT2D eigenvalue weighted by Crippen LogP contribution is -2.32. The van der Waals surface area contributed by atoms with Gasteiger partial charge in [-0.1, -0.05) is 47.1 Å². The number of carbonyl (C=O) groups excluding carboxylic acids is 3. The van der Waals surface area contributed by atoms with Crippen molar-refractivity contribution in [3.05, 3.63) is 123 Å². The van der Waals surface area contributed by atoms with Gasteiger partial charge in [-0.25, -0.2) is 4.90 Å². The van der Waals surface area contributed by atoms with Gasteiger partial charge in [-0.05, 0) is 92.2 Å². The fourth-order valence-electron chi connectivity index (χ4n) is 4.23. The van der Waals surface area contributed by atoms with E-state index in [4.69, 9.17) is 16.3 Å². The van der Waals surface area contributed by atoms with Crippen LogP contribution in [-0.4, -0.2) is 24.8 Å². The molecule has 1 heterocycles. The maximum absolute atomic E-state index is 13.7. The van der Waals surface area contributed by atoms with Crippen LogP contribution in [0.1, 0.15) is 21.5 Å². The molecule has 0 fully saturated rings. The number of aryl methyl sites for hydroxylation is 2. The molecule has 0 saturated carbocycles. The topological polar surface area (TPSA) is 87.7 Å². The summed E-state index contributed by atoms with van der Waals surface area (Å²) in [5.41, 5.74) is 4.26. The number of nitrogens with zero attached hydrogens (tertiary/aromatic N) is 1. The summed E-state index contributed by atoms with van der Waals surface area (Å²) in [5, 5.41) is 6.57. The molecule has 0 unspecified atom stereocenters. The molecule has 206 valence electrons. The molecule has 0 aromatic heterocycles. The van der Waals surface area contributed by atoms with Crippen molar-refractivity contribution < 1.29 is 19.1 Å². The van der Waals surface area contributed by atoms with Crippen molar-refractivity contribution in [1.82, 2.24) is 0 Å². The standard InChI is InChI=1S/C32H26ClN3O4S/c1-19-4-13-24(14-5-19)36-31(38)28(35-26-18-20(2)6-17-27(26)40-3)29(32(36)39)41-25-15-11-23(12-16-25)34-30(37)21-7-9-22(33)10-8-21/h4-18,35H,1-3H3,(H,34,37). The summed E-state index contributed by atoms with van der Waals surface area (Å²) in [7, 11) is 1.55. The molecule has 0 aliphatic carbocycles. The Morgan fingerprint density at radius 1 is 0.829 bits per heavy atom. The first-order valence-corrected chi connectivity index (χ1v) is 13.9. The molecule has 4 aromatic rings. The zero-order valence-electron chi connectivity index (χ0n) is 22.5. The van der Waals surface area contributed by atoms with E-state index in [9.17, 15) is 14.4 Å². The molecule has 0 spiro atoms. The van der Waals surface area contributed by atoms with Crippen molar-refractivity contribution in [1.29, 1.82) is 0 Å². The maximum atomic E-state index is 13.7. The van der Waals surface area contributed by atoms with Gasteiger partial charge in [-0.15, -0.1) is 0 Å². The summed E-state index contributed by atoms with van der Waals surface area (Å²) >= 11 is 7.09. The number of nitrogens with one attached hydrogen (secondary N) is 2. The number of hydrogen-bond acceptors (Lipinski definition) is 6. The van der Waals surface area contributed by atoms with E-state index in [0.717, 1.165) is 11.1 Å². The largest absolute Gasteiger partial charge is 0.495 e. The highest BCUT2D eigenvalue weighted by molar-refractivity contribution is 8.04. The predicted molar refractivity (Wildman–Crippen MR) is 164 cm³/mol. The zero-order chi connectivity index (χ0) is 29.1. The Balaban J connectivity index is 1.44. The molecule has 9 heteroatoms. The van der Waals surface area contributed by atoms with Gasteiger partial charge in [0.1, 0.15) is 16.4 Å². The van der Waals surface area contributed by atoms with Crippen LogP contribution in [0.3, 0.4) is 0 Å². The normalized spacial score (nSPS) is 13.0. The molecule has 0 radical (unpaired) electrons. The molecule has 5 rings (SSSR count). The molecule has 1 aliphatic heterocycles. The average molecular weight is 584 g/mol. The molecule has 41 heavy (non-hydrogen) atoms. The molecule has 4 aromatic carbocycles. The van der Waals surface area contributed by atoms with Crippen molar-refractivity contribution in [3.63, 3.8) is 0 Å². The van der Waals surface area contributed by atoms with E-state index in [1.165, 1.54) is 16.7 Å². The summed E-state index contributed by atoms with van der Waals surface area (Å²) in [5.74, 6) is -0.620. The van der Waals surface area contributed by atoms with Crippen LogP contribution in [0.5, 0.6) is 5.75 Å². The van der Waals surface area contributed by atoms with E-state index in [2.05, 4.69) is 10.6 Å². The van der Waals surface area contributed by atoms with Gasteiger partial charge in [0.15, 0.2) is 0 Å². The highest BCUT2D eigenvalue weighted by Gasteiger charge is 2.40. The van der Waals surface area contributed by atoms with Gasteiger partial charge in [0.05, 0.1) is 18.5 Å². The predicted octanol–water partition coefficient (Wildman–Crippen LogP) is 7.21. The van der Waals surface area contributed by atoms with Gasteiger partial charge in [0.25, 0.3) is 17.7 Å². The number of ether oxygens (including phenoxy) is 1. The quantitative estimate of drug-likeness (QED) is 0.213. The van der Waals surface area contributed by atoms with Gasteiger partial charge < -0.3 is 15.4 Å². The van der Waals surface area contributed by atoms with Crippen molar-refractivity contribution in [2.45, 2.75) is 18.7 Å². The highest BCUT2D eigenvalue weighted by atomic mass is 35.5. The Morgan fingerprint density at radius 3 is 2.15 bits per heavy atom. The first-order valence-electron chi connectivity index (χ1n) is 12.7. The minimum absolute atomic E-state index is 0.157. The van der Waals surface area contributed by atoms with Crippen LogP contribution < -0.4 is 20.3 Å². The van der Waals surface area contributed by atoms with Crippen molar-refractivity contribution in [2.24, 2.45) is 0 Å². The molecule has 1 aliphatic rings. The third kappa shape index (κ3) is 6.14. The van der Waals surface area contributed by atoms with E-state index in [-0.39, 0.29) is 16.5 Å². The Bertz CT molecular complexity index is 1670. The zero-order valence-corrected chi connectivity index (χ0v) is 24.1. The Hall–Kier alpha value is -4.53. The number of thioether (sulfide) groups is 1.